The lowest BCUT2D eigenvalue weighted by molar-refractivity contribution is 0.419. The highest BCUT2D eigenvalue weighted by atomic mass is 14.1. The molecule has 0 saturated heterocycles. The van der Waals surface area contributed by atoms with E-state index in [4.69, 9.17) is 0 Å². The van der Waals surface area contributed by atoms with E-state index in [1.165, 1.54) is 19.3 Å². The van der Waals surface area contributed by atoms with Crippen LogP contribution < -0.4 is 0 Å². The molecule has 0 aliphatic heterocycles. The number of rotatable bonds is 4. The smallest absolute Gasteiger partial charge is 0.0654 e. The van der Waals surface area contributed by atoms with Crippen molar-refractivity contribution < 1.29 is 0 Å². The molecule has 0 amide bonds. The minimum absolute atomic E-state index is 0.671. The SMILES string of the molecule is [CH2+]C(CCCC)C(C)C. The number of hydrogen-bond acceptors (Lipinski definition) is 0. The van der Waals surface area contributed by atoms with Crippen LogP contribution in [-0.2, 0) is 0 Å². The van der Waals surface area contributed by atoms with E-state index in [0.29, 0.717) is 5.92 Å². The van der Waals surface area contributed by atoms with Crippen LogP contribution in [0.1, 0.15) is 40.0 Å². The van der Waals surface area contributed by atoms with Crippen LogP contribution in [0.3, 0.4) is 0 Å². The van der Waals surface area contributed by atoms with Gasteiger partial charge in [0, 0.05) is 0 Å². The van der Waals surface area contributed by atoms with Crippen molar-refractivity contribution in [2.75, 3.05) is 0 Å². The van der Waals surface area contributed by atoms with Crippen molar-refractivity contribution in [2.24, 2.45) is 11.8 Å². The van der Waals surface area contributed by atoms with Crippen LogP contribution in [0.25, 0.3) is 0 Å². The normalized spacial score (nSPS) is 14.2. The first-order valence-electron chi connectivity index (χ1n) is 4.01. The fourth-order valence-electron chi connectivity index (χ4n) is 0.800. The van der Waals surface area contributed by atoms with E-state index in [-0.39, 0.29) is 0 Å². The molecule has 0 radical (unpaired) electrons. The number of unbranched alkanes of at least 4 members (excludes halogenated alkanes) is 1. The molecule has 0 nitrogen and oxygen atoms in total. The first-order valence-corrected chi connectivity index (χ1v) is 4.01. The highest BCUT2D eigenvalue weighted by molar-refractivity contribution is 4.63. The molecule has 1 unspecified atom stereocenters. The van der Waals surface area contributed by atoms with Gasteiger partial charge >= 0.3 is 0 Å². The van der Waals surface area contributed by atoms with Gasteiger partial charge in [-0.3, -0.25) is 0 Å². The molecule has 1 atom stereocenters. The lowest BCUT2D eigenvalue weighted by Crippen LogP contribution is -2.03. The van der Waals surface area contributed by atoms with E-state index in [1.807, 2.05) is 0 Å². The highest BCUT2D eigenvalue weighted by Crippen LogP contribution is 2.15. The summed E-state index contributed by atoms with van der Waals surface area (Å²) in [5.41, 5.74) is 0. The average molecular weight is 127 g/mol. The summed E-state index contributed by atoms with van der Waals surface area (Å²) in [4.78, 5) is 0. The molecule has 54 valence electrons. The molecule has 0 aliphatic carbocycles. The van der Waals surface area contributed by atoms with Crippen molar-refractivity contribution in [3.05, 3.63) is 6.92 Å². The van der Waals surface area contributed by atoms with Crippen LogP contribution in [-0.4, -0.2) is 0 Å². The molecule has 9 heavy (non-hydrogen) atoms. The monoisotopic (exact) mass is 127 g/mol. The van der Waals surface area contributed by atoms with Crippen LogP contribution in [0, 0.1) is 18.8 Å². The average Bonchev–Trinajstić information content (AvgIpc) is 1.82. The summed E-state index contributed by atoms with van der Waals surface area (Å²) in [6.07, 6.45) is 3.94. The van der Waals surface area contributed by atoms with E-state index in [1.54, 1.807) is 0 Å². The van der Waals surface area contributed by atoms with Gasteiger partial charge in [-0.25, -0.2) is 0 Å². The highest BCUT2D eigenvalue weighted by Gasteiger charge is 2.11. The van der Waals surface area contributed by atoms with Crippen molar-refractivity contribution in [3.63, 3.8) is 0 Å². The summed E-state index contributed by atoms with van der Waals surface area (Å²) in [5.74, 6) is 1.43. The zero-order chi connectivity index (χ0) is 7.28. The quantitative estimate of drug-likeness (QED) is 0.508. The second-order valence-corrected chi connectivity index (χ2v) is 3.15. The van der Waals surface area contributed by atoms with Crippen LogP contribution in [0.15, 0.2) is 0 Å². The van der Waals surface area contributed by atoms with Gasteiger partial charge in [0.2, 0.25) is 0 Å². The van der Waals surface area contributed by atoms with Crippen molar-refractivity contribution in [2.45, 2.75) is 40.0 Å². The van der Waals surface area contributed by atoms with Crippen molar-refractivity contribution in [1.82, 2.24) is 0 Å². The Balaban J connectivity index is 3.16. The van der Waals surface area contributed by atoms with Crippen LogP contribution in [0.5, 0.6) is 0 Å². The molecule has 0 spiro atoms. The minimum atomic E-state index is 0.671. The molecule has 0 saturated carbocycles. The molecule has 0 aromatic heterocycles. The third kappa shape index (κ3) is 4.38. The van der Waals surface area contributed by atoms with Crippen molar-refractivity contribution in [1.29, 1.82) is 0 Å². The molecule has 0 aromatic rings. The van der Waals surface area contributed by atoms with Crippen LogP contribution in [0.2, 0.25) is 0 Å². The van der Waals surface area contributed by atoms with Crippen molar-refractivity contribution in [3.8, 4) is 0 Å². The first-order chi connectivity index (χ1) is 4.18. The van der Waals surface area contributed by atoms with E-state index in [2.05, 4.69) is 27.7 Å². The summed E-state index contributed by atoms with van der Waals surface area (Å²) in [6, 6.07) is 0. The zero-order valence-corrected chi connectivity index (χ0v) is 6.98. The third-order valence-corrected chi connectivity index (χ3v) is 1.87. The van der Waals surface area contributed by atoms with E-state index >= 15 is 0 Å². The summed E-state index contributed by atoms with van der Waals surface area (Å²) < 4.78 is 0. The standard InChI is InChI=1S/C9H19/c1-5-6-7-9(4)8(2)3/h8-9H,4-7H2,1-3H3/q+1. The lowest BCUT2D eigenvalue weighted by atomic mass is 9.93. The third-order valence-electron chi connectivity index (χ3n) is 1.87. The van der Waals surface area contributed by atoms with Gasteiger partial charge in [-0.1, -0.05) is 27.2 Å². The van der Waals surface area contributed by atoms with Gasteiger partial charge in [-0.15, -0.1) is 0 Å². The summed E-state index contributed by atoms with van der Waals surface area (Å²) in [6.45, 7) is 10.8. The first kappa shape index (κ1) is 8.87. The molecular formula is C9H19+. The molecule has 0 bridgehead atoms. The molecule has 0 aromatic carbocycles. The topological polar surface area (TPSA) is 0 Å². The molecule has 0 aliphatic rings. The van der Waals surface area contributed by atoms with Gasteiger partial charge in [0.25, 0.3) is 0 Å². The molecule has 0 rings (SSSR count). The lowest BCUT2D eigenvalue weighted by Gasteiger charge is -2.07. The Labute approximate surface area is 59.7 Å². The van der Waals surface area contributed by atoms with Crippen LogP contribution >= 0.6 is 0 Å². The van der Waals surface area contributed by atoms with Crippen LogP contribution in [0.4, 0.5) is 0 Å². The zero-order valence-electron chi connectivity index (χ0n) is 6.98. The maximum atomic E-state index is 4.08. The summed E-state index contributed by atoms with van der Waals surface area (Å²) >= 11 is 0. The molecule has 0 heterocycles. The van der Waals surface area contributed by atoms with Gasteiger partial charge in [-0.05, 0) is 18.8 Å². The maximum Gasteiger partial charge on any atom is 0.0975 e. The Kier molecular flexibility index (Phi) is 4.65. The van der Waals surface area contributed by atoms with Crippen molar-refractivity contribution >= 4 is 0 Å². The van der Waals surface area contributed by atoms with Gasteiger partial charge in [0.1, 0.15) is 0 Å². The minimum Gasteiger partial charge on any atom is -0.0654 e. The maximum absolute atomic E-state index is 4.08. The number of hydrogen-bond donors (Lipinski definition) is 0. The van der Waals surface area contributed by atoms with E-state index < -0.39 is 0 Å². The van der Waals surface area contributed by atoms with E-state index in [0.717, 1.165) is 5.92 Å². The second kappa shape index (κ2) is 4.72. The Bertz CT molecular complexity index is 55.1. The molecule has 0 heteroatoms. The second-order valence-electron chi connectivity index (χ2n) is 3.15. The Morgan fingerprint density at radius 1 is 1.33 bits per heavy atom. The predicted octanol–water partition coefficient (Wildman–Crippen LogP) is 3.28. The summed E-state index contributed by atoms with van der Waals surface area (Å²) in [5, 5.41) is 0. The fraction of sp³-hybridized carbons (Fsp3) is 0.889. The van der Waals surface area contributed by atoms with Gasteiger partial charge in [0.15, 0.2) is 0 Å². The largest absolute Gasteiger partial charge is 0.0975 e. The van der Waals surface area contributed by atoms with E-state index in [9.17, 15) is 0 Å². The summed E-state index contributed by atoms with van der Waals surface area (Å²) in [7, 11) is 0. The van der Waals surface area contributed by atoms with Gasteiger partial charge in [-0.2, -0.15) is 0 Å². The Morgan fingerprint density at radius 3 is 2.22 bits per heavy atom. The van der Waals surface area contributed by atoms with Gasteiger partial charge in [0.05, 0.1) is 12.8 Å². The van der Waals surface area contributed by atoms with Gasteiger partial charge < -0.3 is 0 Å². The Morgan fingerprint density at radius 2 is 1.89 bits per heavy atom. The Hall–Kier alpha value is -0.130. The molecule has 0 N–H and O–H groups in total. The predicted molar refractivity (Wildman–Crippen MR) is 43.2 cm³/mol. The fourth-order valence-corrected chi connectivity index (χ4v) is 0.800. The molecular weight excluding hydrogens is 108 g/mol. The molecule has 0 fully saturated rings.